The van der Waals surface area contributed by atoms with Crippen molar-refractivity contribution in [3.63, 3.8) is 0 Å². The molecular formula is C15H20N4OS. The lowest BCUT2D eigenvalue weighted by Crippen LogP contribution is -2.13. The predicted molar refractivity (Wildman–Crippen MR) is 83.4 cm³/mol. The van der Waals surface area contributed by atoms with Gasteiger partial charge in [0.1, 0.15) is 0 Å². The number of hydrogen-bond donors (Lipinski definition) is 2. The van der Waals surface area contributed by atoms with Gasteiger partial charge in [-0.1, -0.05) is 30.0 Å². The van der Waals surface area contributed by atoms with Crippen molar-refractivity contribution in [2.75, 3.05) is 5.75 Å². The molecule has 6 heteroatoms. The van der Waals surface area contributed by atoms with Crippen LogP contribution < -0.4 is 5.73 Å². The van der Waals surface area contributed by atoms with Crippen LogP contribution >= 0.6 is 11.8 Å². The van der Waals surface area contributed by atoms with Crippen molar-refractivity contribution in [2.24, 2.45) is 11.7 Å². The molecule has 0 spiro atoms. The molecule has 2 aromatic rings. The number of benzene rings is 1. The van der Waals surface area contributed by atoms with Crippen molar-refractivity contribution in [2.45, 2.75) is 37.6 Å². The van der Waals surface area contributed by atoms with Gasteiger partial charge in [0.05, 0.1) is 18.3 Å². The first kappa shape index (κ1) is 14.6. The fourth-order valence-electron chi connectivity index (χ4n) is 2.36. The quantitative estimate of drug-likeness (QED) is 0.797. The highest BCUT2D eigenvalue weighted by Crippen LogP contribution is 2.35. The number of thioether (sulfide) groups is 1. The van der Waals surface area contributed by atoms with Crippen LogP contribution in [0.15, 0.2) is 29.4 Å². The standard InChI is InChI=1S/C15H20N4OS/c1-10-4-2-3-5-12(10)19-14(8-16)17-18-15(19)21-9-13(20)11-6-7-11/h2-5,11,13,20H,6-9,16H2,1H3. The van der Waals surface area contributed by atoms with Gasteiger partial charge in [-0.15, -0.1) is 10.2 Å². The molecule has 0 saturated heterocycles. The monoisotopic (exact) mass is 304 g/mol. The van der Waals surface area contributed by atoms with Gasteiger partial charge in [0.25, 0.3) is 0 Å². The number of rotatable bonds is 6. The molecule has 5 nitrogen and oxygen atoms in total. The van der Waals surface area contributed by atoms with Gasteiger partial charge in [0.15, 0.2) is 11.0 Å². The minimum atomic E-state index is -0.252. The number of aliphatic hydroxyl groups excluding tert-OH is 1. The van der Waals surface area contributed by atoms with Crippen LogP contribution in [-0.2, 0) is 6.54 Å². The van der Waals surface area contributed by atoms with Gasteiger partial charge in [-0.25, -0.2) is 0 Å². The molecule has 0 radical (unpaired) electrons. The van der Waals surface area contributed by atoms with Crippen LogP contribution in [0.2, 0.25) is 0 Å². The summed E-state index contributed by atoms with van der Waals surface area (Å²) in [6.45, 7) is 2.40. The van der Waals surface area contributed by atoms with Crippen molar-refractivity contribution < 1.29 is 5.11 Å². The van der Waals surface area contributed by atoms with Gasteiger partial charge >= 0.3 is 0 Å². The van der Waals surface area contributed by atoms with Crippen LogP contribution in [0.25, 0.3) is 5.69 Å². The second kappa shape index (κ2) is 6.17. The summed E-state index contributed by atoms with van der Waals surface area (Å²) in [5.74, 6) is 1.87. The number of nitrogens with two attached hydrogens (primary N) is 1. The predicted octanol–water partition coefficient (Wildman–Crippen LogP) is 1.90. The first-order chi connectivity index (χ1) is 10.2. The number of hydrogen-bond acceptors (Lipinski definition) is 5. The molecule has 1 aromatic carbocycles. The fourth-order valence-corrected chi connectivity index (χ4v) is 3.38. The van der Waals surface area contributed by atoms with E-state index in [9.17, 15) is 5.11 Å². The van der Waals surface area contributed by atoms with E-state index < -0.39 is 0 Å². The number of nitrogens with zero attached hydrogens (tertiary/aromatic N) is 3. The highest BCUT2D eigenvalue weighted by molar-refractivity contribution is 7.99. The van der Waals surface area contributed by atoms with Gasteiger partial charge < -0.3 is 10.8 Å². The van der Waals surface area contributed by atoms with Gasteiger partial charge in [0, 0.05) is 5.75 Å². The lowest BCUT2D eigenvalue weighted by atomic mass is 10.2. The Balaban J connectivity index is 1.87. The lowest BCUT2D eigenvalue weighted by molar-refractivity contribution is 0.176. The normalized spacial score (nSPS) is 16.1. The van der Waals surface area contributed by atoms with Crippen molar-refractivity contribution in [1.29, 1.82) is 0 Å². The van der Waals surface area contributed by atoms with Crippen LogP contribution in [0.1, 0.15) is 24.2 Å². The molecule has 21 heavy (non-hydrogen) atoms. The van der Waals surface area contributed by atoms with Crippen LogP contribution in [0, 0.1) is 12.8 Å². The summed E-state index contributed by atoms with van der Waals surface area (Å²) in [7, 11) is 0. The first-order valence-electron chi connectivity index (χ1n) is 7.22. The third-order valence-electron chi connectivity index (χ3n) is 3.79. The van der Waals surface area contributed by atoms with Gasteiger partial charge in [0.2, 0.25) is 0 Å². The minimum absolute atomic E-state index is 0.252. The zero-order valence-corrected chi connectivity index (χ0v) is 12.9. The molecule has 1 unspecified atom stereocenters. The molecule has 0 aliphatic heterocycles. The van der Waals surface area contributed by atoms with E-state index in [1.807, 2.05) is 22.8 Å². The van der Waals surface area contributed by atoms with E-state index >= 15 is 0 Å². The van der Waals surface area contributed by atoms with Crippen molar-refractivity contribution in [1.82, 2.24) is 14.8 Å². The second-order valence-corrected chi connectivity index (χ2v) is 6.43. The number of aromatic nitrogens is 3. The fraction of sp³-hybridized carbons (Fsp3) is 0.467. The SMILES string of the molecule is Cc1ccccc1-n1c(CN)nnc1SCC(O)C1CC1. The van der Waals surface area contributed by atoms with E-state index in [4.69, 9.17) is 5.73 Å². The summed E-state index contributed by atoms with van der Waals surface area (Å²) >= 11 is 1.55. The van der Waals surface area contributed by atoms with Crippen LogP contribution in [-0.4, -0.2) is 31.7 Å². The Kier molecular flexibility index (Phi) is 4.28. The number of aryl methyl sites for hydroxylation is 1. The van der Waals surface area contributed by atoms with Crippen LogP contribution in [0.5, 0.6) is 0 Å². The number of para-hydroxylation sites is 1. The molecule has 0 bridgehead atoms. The van der Waals surface area contributed by atoms with Crippen LogP contribution in [0.4, 0.5) is 0 Å². The zero-order chi connectivity index (χ0) is 14.8. The Bertz CT molecular complexity index is 624. The molecule has 1 aliphatic carbocycles. The van der Waals surface area contributed by atoms with Crippen molar-refractivity contribution in [3.8, 4) is 5.69 Å². The highest BCUT2D eigenvalue weighted by Gasteiger charge is 2.30. The summed E-state index contributed by atoms with van der Waals surface area (Å²) in [5.41, 5.74) is 7.98. The van der Waals surface area contributed by atoms with Crippen molar-refractivity contribution >= 4 is 11.8 Å². The van der Waals surface area contributed by atoms with E-state index in [0.29, 0.717) is 18.2 Å². The first-order valence-corrected chi connectivity index (χ1v) is 8.20. The van der Waals surface area contributed by atoms with E-state index in [0.717, 1.165) is 35.1 Å². The lowest BCUT2D eigenvalue weighted by Gasteiger charge is -2.13. The van der Waals surface area contributed by atoms with E-state index in [2.05, 4.69) is 23.2 Å². The largest absolute Gasteiger partial charge is 0.392 e. The molecule has 1 fully saturated rings. The Morgan fingerprint density at radius 2 is 2.14 bits per heavy atom. The molecule has 112 valence electrons. The van der Waals surface area contributed by atoms with E-state index in [-0.39, 0.29) is 6.10 Å². The van der Waals surface area contributed by atoms with E-state index in [1.54, 1.807) is 11.8 Å². The molecule has 1 heterocycles. The van der Waals surface area contributed by atoms with Gasteiger partial charge in [-0.2, -0.15) is 0 Å². The molecule has 1 aromatic heterocycles. The van der Waals surface area contributed by atoms with E-state index in [1.165, 1.54) is 0 Å². The Morgan fingerprint density at radius 3 is 2.81 bits per heavy atom. The molecule has 1 saturated carbocycles. The molecule has 1 aliphatic rings. The zero-order valence-electron chi connectivity index (χ0n) is 12.1. The second-order valence-electron chi connectivity index (χ2n) is 5.44. The molecular weight excluding hydrogens is 284 g/mol. The maximum atomic E-state index is 10.0. The highest BCUT2D eigenvalue weighted by atomic mass is 32.2. The van der Waals surface area contributed by atoms with Gasteiger partial charge in [-0.3, -0.25) is 4.57 Å². The van der Waals surface area contributed by atoms with Gasteiger partial charge in [-0.05, 0) is 37.3 Å². The average Bonchev–Trinajstić information content (AvgIpc) is 3.26. The molecule has 3 N–H and O–H groups in total. The summed E-state index contributed by atoms with van der Waals surface area (Å²) in [6, 6.07) is 8.10. The Morgan fingerprint density at radius 1 is 1.38 bits per heavy atom. The Labute approximate surface area is 128 Å². The van der Waals surface area contributed by atoms with Crippen LogP contribution in [0.3, 0.4) is 0 Å². The Hall–Kier alpha value is -1.37. The maximum Gasteiger partial charge on any atom is 0.195 e. The molecule has 0 amide bonds. The third-order valence-corrected chi connectivity index (χ3v) is 4.82. The summed E-state index contributed by atoms with van der Waals surface area (Å²) < 4.78 is 2.00. The summed E-state index contributed by atoms with van der Waals surface area (Å²) in [4.78, 5) is 0. The third kappa shape index (κ3) is 3.12. The average molecular weight is 304 g/mol. The maximum absolute atomic E-state index is 10.0. The molecule has 1 atom stereocenters. The number of aliphatic hydroxyl groups is 1. The topological polar surface area (TPSA) is 77.0 Å². The smallest absolute Gasteiger partial charge is 0.195 e. The minimum Gasteiger partial charge on any atom is -0.392 e. The van der Waals surface area contributed by atoms with Crippen molar-refractivity contribution in [3.05, 3.63) is 35.7 Å². The summed E-state index contributed by atoms with van der Waals surface area (Å²) in [5, 5.41) is 19.2. The molecule has 3 rings (SSSR count). The summed E-state index contributed by atoms with van der Waals surface area (Å²) in [6.07, 6.45) is 2.03.